The van der Waals surface area contributed by atoms with Crippen molar-refractivity contribution in [2.24, 2.45) is 0 Å². The van der Waals surface area contributed by atoms with E-state index in [1.54, 1.807) is 6.92 Å². The molecule has 18 heavy (non-hydrogen) atoms. The van der Waals surface area contributed by atoms with Gasteiger partial charge in [0, 0.05) is 12.3 Å². The summed E-state index contributed by atoms with van der Waals surface area (Å²) in [6, 6.07) is -0.344. The summed E-state index contributed by atoms with van der Waals surface area (Å²) in [4.78, 5) is 12.3. The Labute approximate surface area is 110 Å². The highest BCUT2D eigenvalue weighted by Gasteiger charge is 2.40. The molecule has 1 saturated heterocycles. The van der Waals surface area contributed by atoms with E-state index in [4.69, 9.17) is 0 Å². The Bertz CT molecular complexity index is 386. The van der Waals surface area contributed by atoms with Crippen LogP contribution in [-0.4, -0.2) is 44.5 Å². The highest BCUT2D eigenvalue weighted by Crippen LogP contribution is 2.25. The normalized spacial score (nSPS) is 25.9. The van der Waals surface area contributed by atoms with Crippen molar-refractivity contribution in [1.82, 2.24) is 10.6 Å². The van der Waals surface area contributed by atoms with Gasteiger partial charge in [-0.15, -0.1) is 0 Å². The molecule has 0 aromatic rings. The van der Waals surface area contributed by atoms with E-state index in [1.165, 1.54) is 6.26 Å². The van der Waals surface area contributed by atoms with Crippen LogP contribution in [0.4, 0.5) is 0 Å². The summed E-state index contributed by atoms with van der Waals surface area (Å²) in [5, 5.41) is 6.10. The van der Waals surface area contributed by atoms with Crippen molar-refractivity contribution in [2.75, 3.05) is 18.6 Å². The van der Waals surface area contributed by atoms with Gasteiger partial charge in [-0.2, -0.15) is 0 Å². The van der Waals surface area contributed by atoms with E-state index in [1.807, 2.05) is 0 Å². The monoisotopic (exact) mass is 276 g/mol. The topological polar surface area (TPSA) is 75.3 Å². The van der Waals surface area contributed by atoms with Gasteiger partial charge in [0.25, 0.3) is 0 Å². The van der Waals surface area contributed by atoms with Gasteiger partial charge in [0.1, 0.15) is 9.84 Å². The molecule has 2 N–H and O–H groups in total. The van der Waals surface area contributed by atoms with Crippen LogP contribution in [0.3, 0.4) is 0 Å². The molecule has 5 nitrogen and oxygen atoms in total. The molecule has 0 aromatic carbocycles. The molecule has 0 saturated carbocycles. The lowest BCUT2D eigenvalue weighted by Gasteiger charge is -2.29. The van der Waals surface area contributed by atoms with Crippen LogP contribution in [0.1, 0.15) is 39.5 Å². The summed E-state index contributed by atoms with van der Waals surface area (Å²) in [6.45, 7) is 4.64. The number of nitrogens with one attached hydrogen (secondary N) is 2. The van der Waals surface area contributed by atoms with E-state index < -0.39 is 15.4 Å². The molecule has 1 aliphatic rings. The second-order valence-corrected chi connectivity index (χ2v) is 7.51. The summed E-state index contributed by atoms with van der Waals surface area (Å²) in [5.41, 5.74) is -0.486. The third-order valence-electron chi connectivity index (χ3n) is 3.29. The first-order chi connectivity index (χ1) is 8.29. The van der Waals surface area contributed by atoms with E-state index in [0.29, 0.717) is 0 Å². The smallest absolute Gasteiger partial charge is 0.240 e. The van der Waals surface area contributed by atoms with Gasteiger partial charge in [0.2, 0.25) is 5.91 Å². The highest BCUT2D eigenvalue weighted by molar-refractivity contribution is 7.90. The molecule has 0 aliphatic carbocycles. The van der Waals surface area contributed by atoms with Gasteiger partial charge in [-0.05, 0) is 32.7 Å². The predicted molar refractivity (Wildman–Crippen MR) is 72.2 cm³/mol. The Kier molecular flexibility index (Phi) is 5.16. The molecule has 0 radical (unpaired) electrons. The molecule has 1 fully saturated rings. The van der Waals surface area contributed by atoms with Gasteiger partial charge >= 0.3 is 0 Å². The van der Waals surface area contributed by atoms with E-state index in [-0.39, 0.29) is 17.7 Å². The minimum absolute atomic E-state index is 0.0130. The van der Waals surface area contributed by atoms with E-state index in [0.717, 1.165) is 32.2 Å². The largest absolute Gasteiger partial charge is 0.351 e. The molecule has 0 bridgehead atoms. The fourth-order valence-electron chi connectivity index (χ4n) is 2.61. The quantitative estimate of drug-likeness (QED) is 0.739. The van der Waals surface area contributed by atoms with Crippen LogP contribution in [0.5, 0.6) is 0 Å². The van der Waals surface area contributed by atoms with Crippen molar-refractivity contribution in [3.63, 3.8) is 0 Å². The van der Waals surface area contributed by atoms with Gasteiger partial charge in [-0.1, -0.05) is 13.3 Å². The van der Waals surface area contributed by atoms with Crippen LogP contribution in [0.25, 0.3) is 0 Å². The SMILES string of the molecule is CCCC1(C(=O)NC(C)CS(C)(=O)=O)CCCN1. The Hall–Kier alpha value is -0.620. The van der Waals surface area contributed by atoms with Crippen molar-refractivity contribution < 1.29 is 13.2 Å². The minimum atomic E-state index is -3.06. The zero-order valence-electron chi connectivity index (χ0n) is 11.5. The summed E-state index contributed by atoms with van der Waals surface area (Å²) in [5.74, 6) is -0.0704. The van der Waals surface area contributed by atoms with Crippen molar-refractivity contribution in [1.29, 1.82) is 0 Å². The van der Waals surface area contributed by atoms with Crippen molar-refractivity contribution in [3.05, 3.63) is 0 Å². The summed E-state index contributed by atoms with van der Waals surface area (Å²) in [6.07, 6.45) is 4.74. The first kappa shape index (κ1) is 15.4. The second-order valence-electron chi connectivity index (χ2n) is 5.33. The highest BCUT2D eigenvalue weighted by atomic mass is 32.2. The van der Waals surface area contributed by atoms with Crippen LogP contribution in [0, 0.1) is 0 Å². The standard InChI is InChI=1S/C12H24N2O3S/c1-4-6-12(7-5-8-13-12)11(15)14-10(2)9-18(3,16)17/h10,13H,4-9H2,1-3H3,(H,14,15). The lowest BCUT2D eigenvalue weighted by Crippen LogP contribution is -2.56. The first-order valence-corrected chi connectivity index (χ1v) is 8.59. The molecule has 1 amide bonds. The van der Waals surface area contributed by atoms with Gasteiger partial charge in [0.15, 0.2) is 0 Å². The van der Waals surface area contributed by atoms with Crippen molar-refractivity contribution in [3.8, 4) is 0 Å². The number of rotatable bonds is 6. The number of hydrogen-bond donors (Lipinski definition) is 2. The Morgan fingerprint density at radius 3 is 2.61 bits per heavy atom. The average molecular weight is 276 g/mol. The molecule has 0 aromatic heterocycles. The third kappa shape index (κ3) is 4.24. The molecule has 1 rings (SSSR count). The summed E-state index contributed by atoms with van der Waals surface area (Å²) >= 11 is 0. The maximum Gasteiger partial charge on any atom is 0.240 e. The zero-order chi connectivity index (χ0) is 13.8. The molecule has 2 atom stereocenters. The Morgan fingerprint density at radius 2 is 2.17 bits per heavy atom. The van der Waals surface area contributed by atoms with Gasteiger partial charge in [-0.3, -0.25) is 4.79 Å². The summed E-state index contributed by atoms with van der Waals surface area (Å²) < 4.78 is 22.4. The molecule has 106 valence electrons. The molecule has 0 spiro atoms. The number of carbonyl (C=O) groups excluding carboxylic acids is 1. The van der Waals surface area contributed by atoms with Gasteiger partial charge < -0.3 is 10.6 Å². The molecule has 2 unspecified atom stereocenters. The van der Waals surface area contributed by atoms with Crippen LogP contribution in [0.2, 0.25) is 0 Å². The third-order valence-corrected chi connectivity index (χ3v) is 4.39. The predicted octanol–water partition coefficient (Wildman–Crippen LogP) is 0.458. The number of carbonyl (C=O) groups is 1. The van der Waals surface area contributed by atoms with Crippen molar-refractivity contribution in [2.45, 2.75) is 51.1 Å². The van der Waals surface area contributed by atoms with Crippen LogP contribution < -0.4 is 10.6 Å². The van der Waals surface area contributed by atoms with Gasteiger partial charge in [0.05, 0.1) is 11.3 Å². The minimum Gasteiger partial charge on any atom is -0.351 e. The fourth-order valence-corrected chi connectivity index (χ4v) is 3.60. The number of amides is 1. The fraction of sp³-hybridized carbons (Fsp3) is 0.917. The van der Waals surface area contributed by atoms with E-state index in [2.05, 4.69) is 17.6 Å². The number of hydrogen-bond acceptors (Lipinski definition) is 4. The number of sulfone groups is 1. The lowest BCUT2D eigenvalue weighted by atomic mass is 9.90. The van der Waals surface area contributed by atoms with Crippen LogP contribution in [-0.2, 0) is 14.6 Å². The van der Waals surface area contributed by atoms with Gasteiger partial charge in [-0.25, -0.2) is 8.42 Å². The molecular weight excluding hydrogens is 252 g/mol. The molecule has 1 heterocycles. The molecule has 1 aliphatic heterocycles. The maximum absolute atomic E-state index is 12.3. The maximum atomic E-state index is 12.3. The first-order valence-electron chi connectivity index (χ1n) is 6.53. The van der Waals surface area contributed by atoms with Crippen molar-refractivity contribution >= 4 is 15.7 Å². The molecular formula is C12H24N2O3S. The Balaban J connectivity index is 2.62. The Morgan fingerprint density at radius 1 is 1.50 bits per heavy atom. The zero-order valence-corrected chi connectivity index (χ0v) is 12.3. The average Bonchev–Trinajstić information content (AvgIpc) is 2.64. The van der Waals surface area contributed by atoms with Crippen LogP contribution >= 0.6 is 0 Å². The second kappa shape index (κ2) is 6.02. The molecule has 6 heteroatoms. The summed E-state index contributed by atoms with van der Waals surface area (Å²) in [7, 11) is -3.06. The van der Waals surface area contributed by atoms with Crippen LogP contribution in [0.15, 0.2) is 0 Å². The van der Waals surface area contributed by atoms with E-state index in [9.17, 15) is 13.2 Å². The van der Waals surface area contributed by atoms with E-state index >= 15 is 0 Å². The lowest BCUT2D eigenvalue weighted by molar-refractivity contribution is -0.127.